The Labute approximate surface area is 99.0 Å². The number of hydrogen-bond acceptors (Lipinski definition) is 5. The number of nitrogens with zero attached hydrogens (tertiary/aromatic N) is 2. The van der Waals surface area contributed by atoms with Gasteiger partial charge >= 0.3 is 0 Å². The Kier molecular flexibility index (Phi) is 2.29. The summed E-state index contributed by atoms with van der Waals surface area (Å²) in [4.78, 5) is 4.33. The standard InChI is InChI=1S/C12H15N3O2/c1-8-3-6-16-10(8)11-14-9(17-15-11)7-12(13)4-2-5-12/h3,6H,2,4-5,7,13H2,1H3. The summed E-state index contributed by atoms with van der Waals surface area (Å²) in [6.45, 7) is 1.95. The predicted molar refractivity (Wildman–Crippen MR) is 61.2 cm³/mol. The van der Waals surface area contributed by atoms with Crippen molar-refractivity contribution in [2.75, 3.05) is 0 Å². The molecule has 2 N–H and O–H groups in total. The third kappa shape index (κ3) is 1.86. The molecule has 3 rings (SSSR count). The summed E-state index contributed by atoms with van der Waals surface area (Å²) in [5.41, 5.74) is 7.01. The molecule has 17 heavy (non-hydrogen) atoms. The number of aryl methyl sites for hydroxylation is 1. The van der Waals surface area contributed by atoms with Crippen LogP contribution in [-0.2, 0) is 6.42 Å². The maximum atomic E-state index is 6.14. The number of furan rings is 1. The molecule has 0 bridgehead atoms. The fourth-order valence-corrected chi connectivity index (χ4v) is 2.13. The molecule has 2 aromatic rings. The van der Waals surface area contributed by atoms with E-state index in [4.69, 9.17) is 14.7 Å². The molecule has 1 saturated carbocycles. The first kappa shape index (κ1) is 10.5. The van der Waals surface area contributed by atoms with Gasteiger partial charge in [-0.05, 0) is 37.8 Å². The summed E-state index contributed by atoms with van der Waals surface area (Å²) in [6.07, 6.45) is 5.53. The Morgan fingerprint density at radius 1 is 1.47 bits per heavy atom. The predicted octanol–water partition coefficient (Wildman–Crippen LogP) is 2.06. The molecule has 5 heteroatoms. The largest absolute Gasteiger partial charge is 0.461 e. The molecule has 1 aliphatic carbocycles. The van der Waals surface area contributed by atoms with Crippen LogP contribution in [0.3, 0.4) is 0 Å². The Morgan fingerprint density at radius 2 is 2.29 bits per heavy atom. The van der Waals surface area contributed by atoms with Gasteiger partial charge < -0.3 is 14.7 Å². The van der Waals surface area contributed by atoms with Crippen LogP contribution >= 0.6 is 0 Å². The Balaban J connectivity index is 1.81. The van der Waals surface area contributed by atoms with Gasteiger partial charge in [0.1, 0.15) is 0 Å². The summed E-state index contributed by atoms with van der Waals surface area (Å²) < 4.78 is 10.5. The molecule has 1 aliphatic rings. The second-order valence-electron chi connectivity index (χ2n) is 4.84. The summed E-state index contributed by atoms with van der Waals surface area (Å²) in [6, 6.07) is 1.88. The minimum atomic E-state index is -0.137. The van der Waals surface area contributed by atoms with Crippen molar-refractivity contribution in [3.05, 3.63) is 23.8 Å². The van der Waals surface area contributed by atoms with E-state index in [0.717, 1.165) is 18.4 Å². The number of rotatable bonds is 3. The maximum absolute atomic E-state index is 6.14. The fraction of sp³-hybridized carbons (Fsp3) is 0.500. The van der Waals surface area contributed by atoms with Crippen LogP contribution in [0, 0.1) is 6.92 Å². The number of nitrogens with two attached hydrogens (primary N) is 1. The smallest absolute Gasteiger partial charge is 0.238 e. The van der Waals surface area contributed by atoms with Crippen LogP contribution in [0.1, 0.15) is 30.7 Å². The van der Waals surface area contributed by atoms with Gasteiger partial charge in [0.25, 0.3) is 0 Å². The van der Waals surface area contributed by atoms with Crippen molar-refractivity contribution >= 4 is 0 Å². The normalized spacial score (nSPS) is 18.0. The van der Waals surface area contributed by atoms with Crippen molar-refractivity contribution in [1.82, 2.24) is 10.1 Å². The van der Waals surface area contributed by atoms with Crippen molar-refractivity contribution in [3.8, 4) is 11.6 Å². The van der Waals surface area contributed by atoms with Gasteiger partial charge in [-0.15, -0.1) is 0 Å². The van der Waals surface area contributed by atoms with Crippen LogP contribution < -0.4 is 5.73 Å². The molecule has 0 atom stereocenters. The van der Waals surface area contributed by atoms with Crippen molar-refractivity contribution in [2.24, 2.45) is 5.73 Å². The first-order chi connectivity index (χ1) is 8.16. The quantitative estimate of drug-likeness (QED) is 0.877. The molecular weight excluding hydrogens is 218 g/mol. The third-order valence-corrected chi connectivity index (χ3v) is 3.39. The first-order valence-corrected chi connectivity index (χ1v) is 5.82. The second-order valence-corrected chi connectivity index (χ2v) is 4.84. The first-order valence-electron chi connectivity index (χ1n) is 5.82. The van der Waals surface area contributed by atoms with Crippen molar-refractivity contribution in [1.29, 1.82) is 0 Å². The highest BCUT2D eigenvalue weighted by atomic mass is 16.5. The van der Waals surface area contributed by atoms with Crippen LogP contribution in [0.15, 0.2) is 21.3 Å². The lowest BCUT2D eigenvalue weighted by Gasteiger charge is -2.36. The van der Waals surface area contributed by atoms with Gasteiger partial charge in [0.2, 0.25) is 11.7 Å². The molecule has 2 heterocycles. The van der Waals surface area contributed by atoms with Gasteiger partial charge in [0.05, 0.1) is 6.26 Å². The van der Waals surface area contributed by atoms with Crippen molar-refractivity contribution in [3.63, 3.8) is 0 Å². The molecule has 0 unspecified atom stereocenters. The van der Waals surface area contributed by atoms with Crippen LogP contribution in [0.5, 0.6) is 0 Å². The van der Waals surface area contributed by atoms with E-state index < -0.39 is 0 Å². The molecule has 0 amide bonds. The maximum Gasteiger partial charge on any atom is 0.238 e. The summed E-state index contributed by atoms with van der Waals surface area (Å²) in [5, 5.41) is 3.93. The topological polar surface area (TPSA) is 78.1 Å². The van der Waals surface area contributed by atoms with Gasteiger partial charge in [0.15, 0.2) is 5.76 Å². The van der Waals surface area contributed by atoms with Crippen LogP contribution in [0.4, 0.5) is 0 Å². The molecule has 90 valence electrons. The zero-order valence-corrected chi connectivity index (χ0v) is 9.77. The second kappa shape index (κ2) is 3.70. The van der Waals surface area contributed by atoms with E-state index in [1.54, 1.807) is 6.26 Å². The van der Waals surface area contributed by atoms with Gasteiger partial charge in [-0.25, -0.2) is 0 Å². The van der Waals surface area contributed by atoms with Crippen molar-refractivity contribution in [2.45, 2.75) is 38.1 Å². The number of aromatic nitrogens is 2. The highest BCUT2D eigenvalue weighted by Gasteiger charge is 2.34. The lowest BCUT2D eigenvalue weighted by Crippen LogP contribution is -2.48. The zero-order chi connectivity index (χ0) is 11.9. The Hall–Kier alpha value is -1.62. The fourth-order valence-electron chi connectivity index (χ4n) is 2.13. The van der Waals surface area contributed by atoms with E-state index in [0.29, 0.717) is 23.9 Å². The summed E-state index contributed by atoms with van der Waals surface area (Å²) in [5.74, 6) is 1.77. The van der Waals surface area contributed by atoms with Crippen molar-refractivity contribution < 1.29 is 8.94 Å². The van der Waals surface area contributed by atoms with Crippen LogP contribution in [0.2, 0.25) is 0 Å². The average Bonchev–Trinajstić information content (AvgIpc) is 2.84. The van der Waals surface area contributed by atoms with E-state index in [-0.39, 0.29) is 5.54 Å². The lowest BCUT2D eigenvalue weighted by atomic mass is 9.75. The molecule has 2 aromatic heterocycles. The molecule has 0 spiro atoms. The SMILES string of the molecule is Cc1ccoc1-c1noc(CC2(N)CCC2)n1. The molecule has 0 saturated heterocycles. The molecule has 0 aliphatic heterocycles. The monoisotopic (exact) mass is 233 g/mol. The average molecular weight is 233 g/mol. The zero-order valence-electron chi connectivity index (χ0n) is 9.77. The molecular formula is C12H15N3O2. The minimum Gasteiger partial charge on any atom is -0.461 e. The molecule has 0 radical (unpaired) electrons. The molecule has 5 nitrogen and oxygen atoms in total. The van der Waals surface area contributed by atoms with E-state index in [1.165, 1.54) is 6.42 Å². The minimum absolute atomic E-state index is 0.137. The lowest BCUT2D eigenvalue weighted by molar-refractivity contribution is 0.222. The number of hydrogen-bond donors (Lipinski definition) is 1. The van der Waals surface area contributed by atoms with Gasteiger partial charge in [-0.1, -0.05) is 5.16 Å². The van der Waals surface area contributed by atoms with E-state index in [9.17, 15) is 0 Å². The van der Waals surface area contributed by atoms with Crippen LogP contribution in [0.25, 0.3) is 11.6 Å². The van der Waals surface area contributed by atoms with Gasteiger partial charge in [-0.3, -0.25) is 0 Å². The highest BCUT2D eigenvalue weighted by Crippen LogP contribution is 2.32. The van der Waals surface area contributed by atoms with Gasteiger partial charge in [0, 0.05) is 12.0 Å². The highest BCUT2D eigenvalue weighted by molar-refractivity contribution is 5.50. The Bertz CT molecular complexity index is 525. The van der Waals surface area contributed by atoms with E-state index >= 15 is 0 Å². The third-order valence-electron chi connectivity index (χ3n) is 3.39. The van der Waals surface area contributed by atoms with E-state index in [1.807, 2.05) is 13.0 Å². The van der Waals surface area contributed by atoms with Gasteiger partial charge in [-0.2, -0.15) is 4.98 Å². The Morgan fingerprint density at radius 3 is 2.88 bits per heavy atom. The summed E-state index contributed by atoms with van der Waals surface area (Å²) >= 11 is 0. The molecule has 1 fully saturated rings. The summed E-state index contributed by atoms with van der Waals surface area (Å²) in [7, 11) is 0. The molecule has 0 aromatic carbocycles. The van der Waals surface area contributed by atoms with E-state index in [2.05, 4.69) is 10.1 Å². The van der Waals surface area contributed by atoms with Crippen LogP contribution in [-0.4, -0.2) is 15.7 Å².